The predicted molar refractivity (Wildman–Crippen MR) is 76.8 cm³/mol. The summed E-state index contributed by atoms with van der Waals surface area (Å²) in [6.45, 7) is 7.89. The number of piperazine rings is 1. The Morgan fingerprint density at radius 1 is 1.58 bits per heavy atom. The molecule has 1 N–H and O–H groups in total. The van der Waals surface area contributed by atoms with Crippen molar-refractivity contribution in [3.63, 3.8) is 0 Å². The van der Waals surface area contributed by atoms with Gasteiger partial charge in [-0.15, -0.1) is 11.3 Å². The summed E-state index contributed by atoms with van der Waals surface area (Å²) in [5, 5.41) is 5.39. The van der Waals surface area contributed by atoms with Gasteiger partial charge in [-0.3, -0.25) is 14.1 Å². The SMILES string of the molecule is Cc1csc2nc(CN3CCN[C@@H](C)C3)cc(=O)n12. The molecule has 2 aromatic heterocycles. The van der Waals surface area contributed by atoms with Crippen LogP contribution in [0.2, 0.25) is 0 Å². The van der Waals surface area contributed by atoms with E-state index in [9.17, 15) is 4.79 Å². The first kappa shape index (κ1) is 12.8. The van der Waals surface area contributed by atoms with Crippen molar-refractivity contribution < 1.29 is 0 Å². The zero-order valence-corrected chi connectivity index (χ0v) is 12.0. The van der Waals surface area contributed by atoms with Crippen LogP contribution in [0.25, 0.3) is 4.96 Å². The Balaban J connectivity index is 1.87. The maximum absolute atomic E-state index is 12.1. The Bertz CT molecular complexity index is 648. The van der Waals surface area contributed by atoms with Crippen molar-refractivity contribution in [3.8, 4) is 0 Å². The molecule has 0 unspecified atom stereocenters. The van der Waals surface area contributed by atoms with Gasteiger partial charge in [-0.05, 0) is 13.8 Å². The minimum absolute atomic E-state index is 0.0296. The Morgan fingerprint density at radius 3 is 3.21 bits per heavy atom. The molecule has 2 aromatic rings. The highest BCUT2D eigenvalue weighted by Gasteiger charge is 2.17. The summed E-state index contributed by atoms with van der Waals surface area (Å²) in [5.74, 6) is 0. The summed E-state index contributed by atoms with van der Waals surface area (Å²) in [6.07, 6.45) is 0. The van der Waals surface area contributed by atoms with Crippen molar-refractivity contribution in [1.29, 1.82) is 0 Å². The monoisotopic (exact) mass is 278 g/mol. The number of nitrogens with zero attached hydrogens (tertiary/aromatic N) is 3. The van der Waals surface area contributed by atoms with Crippen molar-refractivity contribution >= 4 is 16.3 Å². The smallest absolute Gasteiger partial charge is 0.259 e. The first-order valence-electron chi connectivity index (χ1n) is 6.56. The van der Waals surface area contributed by atoms with Gasteiger partial charge in [0, 0.05) is 49.4 Å². The maximum atomic E-state index is 12.1. The molecule has 0 saturated carbocycles. The lowest BCUT2D eigenvalue weighted by Crippen LogP contribution is -2.48. The minimum Gasteiger partial charge on any atom is -0.312 e. The minimum atomic E-state index is 0.0296. The van der Waals surface area contributed by atoms with E-state index in [1.165, 1.54) is 11.3 Å². The average Bonchev–Trinajstić information content (AvgIpc) is 2.71. The summed E-state index contributed by atoms with van der Waals surface area (Å²) >= 11 is 1.53. The van der Waals surface area contributed by atoms with E-state index >= 15 is 0 Å². The summed E-state index contributed by atoms with van der Waals surface area (Å²) in [5.41, 5.74) is 1.86. The van der Waals surface area contributed by atoms with Gasteiger partial charge in [0.05, 0.1) is 5.69 Å². The second-order valence-electron chi connectivity index (χ2n) is 5.17. The predicted octanol–water partition coefficient (Wildman–Crippen LogP) is 0.858. The van der Waals surface area contributed by atoms with Crippen molar-refractivity contribution in [2.75, 3.05) is 19.6 Å². The fraction of sp³-hybridized carbons (Fsp3) is 0.538. The zero-order chi connectivity index (χ0) is 13.4. The summed E-state index contributed by atoms with van der Waals surface area (Å²) in [7, 11) is 0. The number of aromatic nitrogens is 2. The lowest BCUT2D eigenvalue weighted by atomic mass is 10.2. The molecule has 3 rings (SSSR count). The van der Waals surface area contributed by atoms with Gasteiger partial charge in [0.2, 0.25) is 0 Å². The molecule has 1 aliphatic rings. The van der Waals surface area contributed by atoms with E-state index in [-0.39, 0.29) is 5.56 Å². The Kier molecular flexibility index (Phi) is 3.38. The van der Waals surface area contributed by atoms with Crippen LogP contribution in [-0.2, 0) is 6.54 Å². The second kappa shape index (κ2) is 5.03. The summed E-state index contributed by atoms with van der Waals surface area (Å²) in [6, 6.07) is 2.17. The van der Waals surface area contributed by atoms with E-state index in [1.54, 1.807) is 10.5 Å². The summed E-state index contributed by atoms with van der Waals surface area (Å²) in [4.78, 5) is 19.8. The van der Waals surface area contributed by atoms with E-state index in [2.05, 4.69) is 22.1 Å². The number of hydrogen-bond donors (Lipinski definition) is 1. The van der Waals surface area contributed by atoms with Crippen LogP contribution < -0.4 is 10.9 Å². The van der Waals surface area contributed by atoms with Crippen LogP contribution in [0.1, 0.15) is 18.3 Å². The van der Waals surface area contributed by atoms with E-state index in [0.717, 1.165) is 42.5 Å². The van der Waals surface area contributed by atoms with E-state index in [0.29, 0.717) is 6.04 Å². The number of fused-ring (bicyclic) bond motifs is 1. The second-order valence-corrected chi connectivity index (χ2v) is 6.01. The molecule has 1 fully saturated rings. The molecule has 5 nitrogen and oxygen atoms in total. The highest BCUT2D eigenvalue weighted by molar-refractivity contribution is 7.15. The van der Waals surface area contributed by atoms with Crippen LogP contribution in [0, 0.1) is 6.92 Å². The molecule has 0 spiro atoms. The van der Waals surface area contributed by atoms with E-state index in [4.69, 9.17) is 0 Å². The number of thiazole rings is 1. The highest BCUT2D eigenvalue weighted by Crippen LogP contribution is 2.12. The average molecular weight is 278 g/mol. The third-order valence-electron chi connectivity index (χ3n) is 3.47. The lowest BCUT2D eigenvalue weighted by Gasteiger charge is -2.31. The Hall–Kier alpha value is -1.24. The fourth-order valence-electron chi connectivity index (χ4n) is 2.57. The van der Waals surface area contributed by atoms with Gasteiger partial charge in [0.15, 0.2) is 4.96 Å². The molecule has 19 heavy (non-hydrogen) atoms. The maximum Gasteiger partial charge on any atom is 0.259 e. The van der Waals surface area contributed by atoms with Crippen LogP contribution in [0.5, 0.6) is 0 Å². The molecular formula is C13H18N4OS. The number of hydrogen-bond acceptors (Lipinski definition) is 5. The normalized spacial score (nSPS) is 21.1. The van der Waals surface area contributed by atoms with Crippen LogP contribution in [0.4, 0.5) is 0 Å². The van der Waals surface area contributed by atoms with Crippen molar-refractivity contribution in [3.05, 3.63) is 33.2 Å². The van der Waals surface area contributed by atoms with Gasteiger partial charge in [0.1, 0.15) is 0 Å². The zero-order valence-electron chi connectivity index (χ0n) is 11.2. The molecule has 1 saturated heterocycles. The highest BCUT2D eigenvalue weighted by atomic mass is 32.1. The van der Waals surface area contributed by atoms with Crippen molar-refractivity contribution in [2.45, 2.75) is 26.4 Å². The van der Waals surface area contributed by atoms with Gasteiger partial charge >= 0.3 is 0 Å². The Labute approximate surface area is 115 Å². The van der Waals surface area contributed by atoms with Gasteiger partial charge in [-0.2, -0.15) is 0 Å². The molecule has 0 aliphatic carbocycles. The third-order valence-corrected chi connectivity index (χ3v) is 4.41. The molecule has 1 aliphatic heterocycles. The van der Waals surface area contributed by atoms with Crippen LogP contribution in [-0.4, -0.2) is 40.0 Å². The standard InChI is InChI=1S/C13H18N4OS/c1-9-6-16(4-3-14-9)7-11-5-12(18)17-10(2)8-19-13(17)15-11/h5,8-9,14H,3-4,6-7H2,1-2H3/t9-/m0/s1. The van der Waals surface area contributed by atoms with Crippen LogP contribution >= 0.6 is 11.3 Å². The fourth-order valence-corrected chi connectivity index (χ4v) is 3.46. The first-order valence-corrected chi connectivity index (χ1v) is 7.44. The quantitative estimate of drug-likeness (QED) is 0.885. The molecule has 1 atom stereocenters. The molecular weight excluding hydrogens is 260 g/mol. The van der Waals surface area contributed by atoms with Crippen molar-refractivity contribution in [1.82, 2.24) is 19.6 Å². The van der Waals surface area contributed by atoms with E-state index in [1.807, 2.05) is 12.3 Å². The largest absolute Gasteiger partial charge is 0.312 e. The molecule has 0 aromatic carbocycles. The lowest BCUT2D eigenvalue weighted by molar-refractivity contribution is 0.197. The number of aryl methyl sites for hydroxylation is 1. The number of rotatable bonds is 2. The molecule has 0 radical (unpaired) electrons. The van der Waals surface area contributed by atoms with Gasteiger partial charge in [-0.1, -0.05) is 0 Å². The van der Waals surface area contributed by atoms with Gasteiger partial charge in [-0.25, -0.2) is 4.98 Å². The topological polar surface area (TPSA) is 49.6 Å². The molecule has 6 heteroatoms. The van der Waals surface area contributed by atoms with Gasteiger partial charge < -0.3 is 5.32 Å². The van der Waals surface area contributed by atoms with E-state index < -0.39 is 0 Å². The third kappa shape index (κ3) is 2.56. The first-order chi connectivity index (χ1) is 9.13. The molecule has 0 amide bonds. The Morgan fingerprint density at radius 2 is 2.42 bits per heavy atom. The number of nitrogens with one attached hydrogen (secondary N) is 1. The molecule has 102 valence electrons. The van der Waals surface area contributed by atoms with Crippen LogP contribution in [0.3, 0.4) is 0 Å². The van der Waals surface area contributed by atoms with Crippen LogP contribution in [0.15, 0.2) is 16.2 Å². The molecule has 0 bridgehead atoms. The summed E-state index contributed by atoms with van der Waals surface area (Å²) < 4.78 is 1.68. The van der Waals surface area contributed by atoms with Gasteiger partial charge in [0.25, 0.3) is 5.56 Å². The van der Waals surface area contributed by atoms with Crippen molar-refractivity contribution in [2.24, 2.45) is 0 Å². The molecule has 3 heterocycles.